The van der Waals surface area contributed by atoms with E-state index in [9.17, 15) is 2.74 Å². The van der Waals surface area contributed by atoms with Crippen molar-refractivity contribution in [2.75, 3.05) is 0 Å². The topological polar surface area (TPSA) is 35.9 Å². The van der Waals surface area contributed by atoms with E-state index in [1.54, 1.807) is 57.8 Å². The van der Waals surface area contributed by atoms with Crippen molar-refractivity contribution >= 4 is 32.8 Å². The van der Waals surface area contributed by atoms with Gasteiger partial charge in [-0.2, -0.15) is 18.2 Å². The summed E-state index contributed by atoms with van der Waals surface area (Å²) in [5.41, 5.74) is 2.67. The molecule has 3 heterocycles. The van der Waals surface area contributed by atoms with Crippen LogP contribution < -0.4 is 9.30 Å². The molecule has 11 rings (SSSR count). The number of fused-ring (bicyclic) bond motifs is 4. The van der Waals surface area contributed by atoms with Gasteiger partial charge in [0.25, 0.3) is 6.33 Å². The van der Waals surface area contributed by atoms with Crippen molar-refractivity contribution in [3.8, 4) is 62.1 Å². The Kier molecular flexibility index (Phi) is 8.06. The summed E-state index contributed by atoms with van der Waals surface area (Å²) >= 11 is 0. The summed E-state index contributed by atoms with van der Waals surface area (Å²) in [6, 6.07) is 34.0. The van der Waals surface area contributed by atoms with Crippen LogP contribution in [0.15, 0.2) is 182 Å². The third-order valence-corrected chi connectivity index (χ3v) is 12.3. The van der Waals surface area contributed by atoms with E-state index in [4.69, 9.17) is 28.9 Å². The predicted octanol–water partition coefficient (Wildman–Crippen LogP) is 15.8. The van der Waals surface area contributed by atoms with E-state index in [1.807, 2.05) is 67.8 Å². The first-order valence-corrected chi connectivity index (χ1v) is 22.5. The van der Waals surface area contributed by atoms with Crippen LogP contribution in [0.25, 0.3) is 83.4 Å². The minimum Gasteiger partial charge on any atom is -0.510 e. The van der Waals surface area contributed by atoms with Gasteiger partial charge in [0.1, 0.15) is 5.82 Å². The van der Waals surface area contributed by atoms with Gasteiger partial charge < -0.3 is 13.9 Å². The Labute approximate surface area is 448 Å². The molecule has 5 nitrogen and oxygen atoms in total. The van der Waals surface area contributed by atoms with Crippen LogP contribution in [-0.2, 0) is 31.9 Å². The number of hydrogen-bond donors (Lipinski definition) is 0. The number of benzene rings is 8. The van der Waals surface area contributed by atoms with Crippen molar-refractivity contribution in [1.82, 2.24) is 14.1 Å². The molecule has 0 amide bonds. The smallest absolute Gasteiger partial charge is 0.268 e. The molecule has 0 aliphatic carbocycles. The largest absolute Gasteiger partial charge is 0.510 e. The van der Waals surface area contributed by atoms with Crippen molar-refractivity contribution in [3.05, 3.63) is 223 Å². The molecule has 70 heavy (non-hydrogen) atoms. The van der Waals surface area contributed by atoms with Crippen LogP contribution in [0.2, 0.25) is 0 Å². The molecule has 348 valence electrons. The molecule has 0 saturated carbocycles. The number of pyridine rings is 1. The number of nitrogens with zero attached hydrogens (tertiary/aromatic N) is 4. The monoisotopic (exact) mass is 1110 g/mol. The maximum Gasteiger partial charge on any atom is 0.268 e. The average molecular weight is 1110 g/mol. The standard InChI is InChI=1S/C64H54N4O.Pt/c1-42-19-17-20-43(2)61(42)46-29-32-57-59(37-46)66(41-67(57)62-54(45-23-13-10-14-24-45)35-47(36-55(62)64(6,7)8)44-21-11-9-12-22-44)49-25-18-26-50(39-49)69-51-30-31-53-52-27-15-16-28-56(52)68(58(53)40-51)60-38-48(33-34-65-60)63(3,4)5;/h9-38H,1-8H3;/q-2;/i1D3,2D3,9D,10D,11D,12D,13D,14D,21D,22D,23D,24D;. The molecular weight excluding hydrogens is 1040 g/mol. The molecular formula is C64H54N4OPt-2. The number of rotatable bonds is 8. The molecule has 11 aromatic rings. The molecule has 6 heteroatoms. The molecule has 0 aliphatic rings. The van der Waals surface area contributed by atoms with Crippen molar-refractivity contribution in [1.29, 1.82) is 0 Å². The number of hydrogen-bond acceptors (Lipinski definition) is 2. The van der Waals surface area contributed by atoms with Crippen molar-refractivity contribution in [2.24, 2.45) is 0 Å². The Morgan fingerprint density at radius 3 is 2.06 bits per heavy atom. The van der Waals surface area contributed by atoms with Crippen LogP contribution in [0.5, 0.6) is 11.5 Å². The number of aromatic nitrogens is 4. The fraction of sp³-hybridized carbons (Fsp3) is 0.156. The zero-order valence-corrected chi connectivity index (χ0v) is 41.3. The van der Waals surface area contributed by atoms with E-state index in [1.165, 1.54) is 24.3 Å². The maximum atomic E-state index is 9.38. The summed E-state index contributed by atoms with van der Waals surface area (Å²) in [6.45, 7) is 6.50. The Hall–Kier alpha value is -7.33. The van der Waals surface area contributed by atoms with Gasteiger partial charge in [-0.25, -0.2) is 4.98 Å². The summed E-state index contributed by atoms with van der Waals surface area (Å²) in [6.07, 6.45) is 5.26. The van der Waals surface area contributed by atoms with Gasteiger partial charge in [0.15, 0.2) is 0 Å². The van der Waals surface area contributed by atoms with Crippen molar-refractivity contribution in [3.63, 3.8) is 0 Å². The van der Waals surface area contributed by atoms with E-state index >= 15 is 0 Å². The Balaban J connectivity index is 0.00000820. The van der Waals surface area contributed by atoms with Crippen LogP contribution in [-0.4, -0.2) is 14.1 Å². The zero-order valence-electron chi connectivity index (χ0n) is 55.1. The van der Waals surface area contributed by atoms with Gasteiger partial charge in [-0.05, 0) is 122 Å². The Morgan fingerprint density at radius 1 is 0.614 bits per heavy atom. The van der Waals surface area contributed by atoms with Gasteiger partial charge in [-0.15, -0.1) is 29.7 Å². The third-order valence-electron chi connectivity index (χ3n) is 12.3. The van der Waals surface area contributed by atoms with E-state index in [2.05, 4.69) is 45.3 Å². The van der Waals surface area contributed by atoms with Crippen LogP contribution in [0.4, 0.5) is 0 Å². The van der Waals surface area contributed by atoms with Gasteiger partial charge in [0, 0.05) is 52.5 Å². The molecule has 0 atom stereocenters. The summed E-state index contributed by atoms with van der Waals surface area (Å²) in [4.78, 5) is 4.81. The Bertz CT molecular complexity index is 4500. The molecule has 3 aromatic heterocycles. The quantitative estimate of drug-likeness (QED) is 0.112. The van der Waals surface area contributed by atoms with Gasteiger partial charge in [-0.1, -0.05) is 162 Å². The van der Waals surface area contributed by atoms with Gasteiger partial charge >= 0.3 is 0 Å². The first-order chi connectivity index (χ1) is 39.9. The minimum atomic E-state index is -2.76. The van der Waals surface area contributed by atoms with Gasteiger partial charge in [0.2, 0.25) is 0 Å². The van der Waals surface area contributed by atoms with Gasteiger partial charge in [0.05, 0.1) is 30.4 Å². The minimum absolute atomic E-state index is 0. The molecule has 0 aliphatic heterocycles. The molecule has 0 spiro atoms. The Morgan fingerprint density at radius 2 is 1.33 bits per heavy atom. The molecule has 0 unspecified atom stereocenters. The maximum absolute atomic E-state index is 9.38. The van der Waals surface area contributed by atoms with Crippen molar-refractivity contribution < 1.29 is 52.3 Å². The second-order valence-electron chi connectivity index (χ2n) is 19.0. The molecule has 0 N–H and O–H groups in total. The zero-order chi connectivity index (χ0) is 61.3. The SMILES string of the molecule is [2H]c1c([2H])c([2H])c(-c2cc(-c3c([2H])c([2H])c([2H])c([2H])c3[2H])c(-[n+]3[c-]n(-c4[c-]c(Oc5[c-]c6c(cc5)c5ccccc5n6-c5cc(C(C)(C)C)ccn5)ccc4)c4cc(-c5c(C([2H])([2H])[2H])cccc5C([2H])([2H])[2H])ccc43)c(C(C)(C)C)c2)c([2H])c1[2H].[Pt]. The number of imidazole rings is 1. The molecule has 0 saturated heterocycles. The fourth-order valence-corrected chi connectivity index (χ4v) is 8.96. The molecule has 0 fully saturated rings. The molecule has 0 radical (unpaired) electrons. The van der Waals surface area contributed by atoms with E-state index in [0.717, 1.165) is 21.9 Å². The fourth-order valence-electron chi connectivity index (χ4n) is 8.96. The second kappa shape index (κ2) is 18.2. The summed E-state index contributed by atoms with van der Waals surface area (Å²) in [7, 11) is 0. The van der Waals surface area contributed by atoms with Crippen LogP contribution >= 0.6 is 0 Å². The van der Waals surface area contributed by atoms with E-state index in [-0.39, 0.29) is 82.4 Å². The number of ether oxygens (including phenoxy) is 1. The first kappa shape index (κ1) is 31.0. The summed E-state index contributed by atoms with van der Waals surface area (Å²) < 4.78 is 152. The van der Waals surface area contributed by atoms with E-state index in [0.29, 0.717) is 39.4 Å². The summed E-state index contributed by atoms with van der Waals surface area (Å²) in [5, 5.41) is 1.90. The first-order valence-electron chi connectivity index (χ1n) is 30.5. The molecule has 8 aromatic carbocycles. The van der Waals surface area contributed by atoms with Crippen LogP contribution in [0, 0.1) is 32.2 Å². The normalized spacial score (nSPS) is 15.5. The number of aryl methyl sites for hydroxylation is 2. The average Bonchev–Trinajstić information content (AvgIpc) is 1.45. The van der Waals surface area contributed by atoms with Crippen molar-refractivity contribution in [2.45, 2.75) is 66.1 Å². The predicted molar refractivity (Wildman–Crippen MR) is 283 cm³/mol. The van der Waals surface area contributed by atoms with E-state index < -0.39 is 79.5 Å². The van der Waals surface area contributed by atoms with Crippen LogP contribution in [0.1, 0.15) is 85.7 Å². The van der Waals surface area contributed by atoms with Gasteiger partial charge in [-0.3, -0.25) is 4.57 Å². The summed E-state index contributed by atoms with van der Waals surface area (Å²) in [5.74, 6) is 1.27. The molecule has 0 bridgehead atoms. The number of para-hydroxylation sites is 1. The van der Waals surface area contributed by atoms with Crippen LogP contribution in [0.3, 0.4) is 0 Å². The second-order valence-corrected chi connectivity index (χ2v) is 19.0. The third kappa shape index (κ3) is 8.47.